The number of carbonyl (C=O) groups is 1. The van der Waals surface area contributed by atoms with Crippen LogP contribution in [0.25, 0.3) is 0 Å². The van der Waals surface area contributed by atoms with E-state index in [1.54, 1.807) is 44.2 Å². The molecule has 1 aromatic rings. The first-order valence-corrected chi connectivity index (χ1v) is 5.23. The van der Waals surface area contributed by atoms with Crippen molar-refractivity contribution in [3.05, 3.63) is 35.9 Å². The van der Waals surface area contributed by atoms with E-state index in [1.165, 1.54) is 0 Å². The van der Waals surface area contributed by atoms with E-state index in [0.717, 1.165) is 0 Å². The van der Waals surface area contributed by atoms with Crippen LogP contribution in [-0.2, 0) is 0 Å². The van der Waals surface area contributed by atoms with E-state index in [9.17, 15) is 9.18 Å². The third-order valence-corrected chi connectivity index (χ3v) is 3.34. The number of Topliss-reactive ketones (excluding diaryl/α,β-unsaturated/α-hetero) is 1. The Morgan fingerprint density at radius 1 is 1.36 bits per heavy atom. The van der Waals surface area contributed by atoms with Crippen molar-refractivity contribution in [3.8, 4) is 0 Å². The van der Waals surface area contributed by atoms with Gasteiger partial charge in [0.2, 0.25) is 10.4 Å². The van der Waals surface area contributed by atoms with E-state index < -0.39 is 16.3 Å². The summed E-state index contributed by atoms with van der Waals surface area (Å²) in [6, 6.07) is 8.45. The average molecular weight is 259 g/mol. The van der Waals surface area contributed by atoms with Gasteiger partial charge in [-0.25, -0.2) is 4.39 Å². The van der Waals surface area contributed by atoms with Gasteiger partial charge in [0.1, 0.15) is 0 Å². The molecule has 0 bridgehead atoms. The Labute approximate surface area is 91.5 Å². The van der Waals surface area contributed by atoms with Crippen molar-refractivity contribution < 1.29 is 9.18 Å². The molecule has 1 atom stereocenters. The maximum atomic E-state index is 13.9. The van der Waals surface area contributed by atoms with Gasteiger partial charge in [0.15, 0.2) is 0 Å². The molecule has 0 amide bonds. The predicted octanol–water partition coefficient (Wildman–Crippen LogP) is 3.59. The highest BCUT2D eigenvalue weighted by atomic mass is 79.9. The molecular weight excluding hydrogens is 247 g/mol. The molecule has 0 unspecified atom stereocenters. The summed E-state index contributed by atoms with van der Waals surface area (Å²) in [4.78, 5) is 11.7. The van der Waals surface area contributed by atoms with Gasteiger partial charge in [-0.05, 0) is 15.9 Å². The molecule has 0 aliphatic heterocycles. The summed E-state index contributed by atoms with van der Waals surface area (Å²) in [7, 11) is 0. The highest BCUT2D eigenvalue weighted by molar-refractivity contribution is 9.10. The summed E-state index contributed by atoms with van der Waals surface area (Å²) < 4.78 is 11.9. The molecule has 0 N–H and O–H groups in total. The molecule has 0 aliphatic carbocycles. The minimum Gasteiger partial charge on any atom is -0.290 e. The van der Waals surface area contributed by atoms with Crippen molar-refractivity contribution in [3.63, 3.8) is 0 Å². The number of hydrogen-bond donors (Lipinski definition) is 0. The van der Waals surface area contributed by atoms with E-state index in [-0.39, 0.29) is 0 Å². The van der Waals surface area contributed by atoms with Crippen LogP contribution in [0.15, 0.2) is 30.3 Å². The number of hydrogen-bond acceptors (Lipinski definition) is 1. The molecule has 76 valence electrons. The van der Waals surface area contributed by atoms with Crippen LogP contribution in [0.5, 0.6) is 0 Å². The van der Waals surface area contributed by atoms with Gasteiger partial charge < -0.3 is 0 Å². The molecule has 0 aliphatic rings. The first kappa shape index (κ1) is 11.4. The predicted molar refractivity (Wildman–Crippen MR) is 58.4 cm³/mol. The van der Waals surface area contributed by atoms with Crippen molar-refractivity contribution >= 4 is 21.7 Å². The monoisotopic (exact) mass is 258 g/mol. The Balaban J connectivity index is 2.97. The lowest BCUT2D eigenvalue weighted by molar-refractivity contribution is 0.0788. The molecular formula is C11H12BrFO. The molecule has 0 fully saturated rings. The summed E-state index contributed by atoms with van der Waals surface area (Å²) in [5.74, 6) is -0.914. The van der Waals surface area contributed by atoms with Gasteiger partial charge in [-0.2, -0.15) is 0 Å². The summed E-state index contributed by atoms with van der Waals surface area (Å²) in [6.07, 6.45) is 0. The Morgan fingerprint density at radius 3 is 2.29 bits per heavy atom. The standard InChI is InChI=1S/C11H12BrFO/c1-8(2)11(12,13)10(14)9-6-4-3-5-7-9/h3-8H,1-2H3/t11-/m0/s1. The molecule has 3 heteroatoms. The van der Waals surface area contributed by atoms with Gasteiger partial charge in [-0.15, -0.1) is 0 Å². The van der Waals surface area contributed by atoms with Gasteiger partial charge >= 0.3 is 0 Å². The van der Waals surface area contributed by atoms with Crippen LogP contribution in [0.2, 0.25) is 0 Å². The number of benzene rings is 1. The van der Waals surface area contributed by atoms with Crippen LogP contribution in [0.3, 0.4) is 0 Å². The van der Waals surface area contributed by atoms with Gasteiger partial charge in [0.25, 0.3) is 0 Å². The number of rotatable bonds is 3. The van der Waals surface area contributed by atoms with Crippen LogP contribution >= 0.6 is 15.9 Å². The number of carbonyl (C=O) groups excluding carboxylic acids is 1. The van der Waals surface area contributed by atoms with Crippen molar-refractivity contribution in [2.24, 2.45) is 5.92 Å². The topological polar surface area (TPSA) is 17.1 Å². The average Bonchev–Trinajstić information content (AvgIpc) is 2.17. The second-order valence-corrected chi connectivity index (χ2v) is 4.63. The number of alkyl halides is 2. The number of ketones is 1. The minimum absolute atomic E-state index is 0.389. The summed E-state index contributed by atoms with van der Waals surface area (Å²) in [6.45, 7) is 3.32. The Bertz CT molecular complexity index is 319. The van der Waals surface area contributed by atoms with Gasteiger partial charge in [-0.3, -0.25) is 4.79 Å². The molecule has 0 radical (unpaired) electrons. The lowest BCUT2D eigenvalue weighted by atomic mass is 9.99. The van der Waals surface area contributed by atoms with Crippen LogP contribution in [0.4, 0.5) is 4.39 Å². The fourth-order valence-corrected chi connectivity index (χ4v) is 1.27. The highest BCUT2D eigenvalue weighted by Crippen LogP contribution is 2.32. The third kappa shape index (κ3) is 2.21. The second kappa shape index (κ2) is 4.22. The first-order valence-electron chi connectivity index (χ1n) is 4.44. The molecule has 0 saturated heterocycles. The van der Waals surface area contributed by atoms with Crippen LogP contribution < -0.4 is 0 Å². The van der Waals surface area contributed by atoms with Crippen LogP contribution in [0.1, 0.15) is 24.2 Å². The Morgan fingerprint density at radius 2 is 1.86 bits per heavy atom. The normalized spacial score (nSPS) is 15.2. The zero-order valence-corrected chi connectivity index (χ0v) is 9.71. The summed E-state index contributed by atoms with van der Waals surface area (Å²) >= 11 is 2.83. The molecule has 1 rings (SSSR count). The number of halogens is 2. The molecule has 1 nitrogen and oxygen atoms in total. The molecule has 14 heavy (non-hydrogen) atoms. The van der Waals surface area contributed by atoms with Crippen molar-refractivity contribution in [1.29, 1.82) is 0 Å². The lowest BCUT2D eigenvalue weighted by Crippen LogP contribution is -2.32. The Hall–Kier alpha value is -0.700. The van der Waals surface area contributed by atoms with Crippen LogP contribution in [-0.4, -0.2) is 10.4 Å². The zero-order valence-electron chi connectivity index (χ0n) is 8.13. The maximum absolute atomic E-state index is 13.9. The SMILES string of the molecule is CC(C)[C@@](F)(Br)C(=O)c1ccccc1. The summed E-state index contributed by atoms with van der Waals surface area (Å²) in [5, 5.41) is 0. The largest absolute Gasteiger partial charge is 0.290 e. The minimum atomic E-state index is -1.96. The van der Waals surface area contributed by atoms with Gasteiger partial charge in [0.05, 0.1) is 0 Å². The first-order chi connectivity index (χ1) is 6.46. The zero-order chi connectivity index (χ0) is 10.8. The van der Waals surface area contributed by atoms with Crippen molar-refractivity contribution in [2.45, 2.75) is 18.4 Å². The fourth-order valence-electron chi connectivity index (χ4n) is 1.04. The molecule has 0 saturated carbocycles. The summed E-state index contributed by atoms with van der Waals surface area (Å²) in [5.41, 5.74) is 0.389. The molecule has 0 heterocycles. The van der Waals surface area contributed by atoms with E-state index in [0.29, 0.717) is 5.56 Å². The van der Waals surface area contributed by atoms with Crippen LogP contribution in [0, 0.1) is 5.92 Å². The lowest BCUT2D eigenvalue weighted by Gasteiger charge is -2.20. The highest BCUT2D eigenvalue weighted by Gasteiger charge is 2.39. The molecule has 0 aromatic heterocycles. The second-order valence-electron chi connectivity index (χ2n) is 3.47. The smallest absolute Gasteiger partial charge is 0.229 e. The van der Waals surface area contributed by atoms with Crippen molar-refractivity contribution in [2.75, 3.05) is 0 Å². The third-order valence-electron chi connectivity index (χ3n) is 2.06. The van der Waals surface area contributed by atoms with E-state index >= 15 is 0 Å². The fraction of sp³-hybridized carbons (Fsp3) is 0.364. The van der Waals surface area contributed by atoms with E-state index in [2.05, 4.69) is 15.9 Å². The quantitative estimate of drug-likeness (QED) is 0.599. The molecule has 0 spiro atoms. The maximum Gasteiger partial charge on any atom is 0.229 e. The van der Waals surface area contributed by atoms with Crippen molar-refractivity contribution in [1.82, 2.24) is 0 Å². The van der Waals surface area contributed by atoms with E-state index in [4.69, 9.17) is 0 Å². The van der Waals surface area contributed by atoms with E-state index in [1.807, 2.05) is 0 Å². The Kier molecular flexibility index (Phi) is 3.43. The van der Waals surface area contributed by atoms with Gasteiger partial charge in [-0.1, -0.05) is 44.2 Å². The molecule has 1 aromatic carbocycles. The van der Waals surface area contributed by atoms with Gasteiger partial charge in [0, 0.05) is 11.5 Å².